The van der Waals surface area contributed by atoms with E-state index in [1.54, 1.807) is 0 Å². The predicted molar refractivity (Wildman–Crippen MR) is 57.8 cm³/mol. The molecule has 1 atom stereocenters. The van der Waals surface area contributed by atoms with Crippen LogP contribution in [0.3, 0.4) is 0 Å². The molecule has 1 N–H and O–H groups in total. The molecule has 1 unspecified atom stereocenters. The summed E-state index contributed by atoms with van der Waals surface area (Å²) >= 11 is 0. The Morgan fingerprint density at radius 3 is 2.88 bits per heavy atom. The highest BCUT2D eigenvalue weighted by molar-refractivity contribution is 7.72. The largest absolute Gasteiger partial charge is 0.447 e. The van der Waals surface area contributed by atoms with Gasteiger partial charge in [0.2, 0.25) is 10.3 Å². The van der Waals surface area contributed by atoms with Gasteiger partial charge in [0.05, 0.1) is 6.04 Å². The molecule has 16 heavy (non-hydrogen) atoms. The zero-order valence-electron chi connectivity index (χ0n) is 9.05. The summed E-state index contributed by atoms with van der Waals surface area (Å²) in [6.45, 7) is 2.10. The Hall–Kier alpha value is -1.08. The molecule has 0 spiro atoms. The van der Waals surface area contributed by atoms with Crippen LogP contribution in [0, 0.1) is 0 Å². The number of carbonyl (C=O) groups excluding carboxylic acids is 1. The molecule has 0 aliphatic carbocycles. The van der Waals surface area contributed by atoms with Crippen molar-refractivity contribution in [3.05, 3.63) is 0 Å². The van der Waals surface area contributed by atoms with Gasteiger partial charge in [-0.3, -0.25) is 0 Å². The Kier molecular flexibility index (Phi) is 4.75. The number of aliphatic hydroxyl groups is 1. The molecular weight excluding hydrogens is 234 g/mol. The molecule has 7 heteroatoms. The Morgan fingerprint density at radius 2 is 2.31 bits per heavy atom. The number of cyclic esters (lactones) is 1. The standard InChI is InChI=1S/C9H15NO5S/c1-7(16(13)14)5-8-6-15-9(12)10(8)3-2-4-11/h8,11H,2-6H2,1H3. The van der Waals surface area contributed by atoms with E-state index < -0.39 is 16.4 Å². The van der Waals surface area contributed by atoms with Crippen molar-refractivity contribution in [2.45, 2.75) is 25.8 Å². The summed E-state index contributed by atoms with van der Waals surface area (Å²) in [5.41, 5.74) is 0. The third-order valence-corrected chi connectivity index (χ3v) is 3.17. The van der Waals surface area contributed by atoms with Crippen LogP contribution in [-0.4, -0.2) is 55.2 Å². The summed E-state index contributed by atoms with van der Waals surface area (Å²) in [4.78, 5) is 13.1. The molecule has 1 aliphatic rings. The van der Waals surface area contributed by atoms with E-state index in [-0.39, 0.29) is 25.7 Å². The lowest BCUT2D eigenvalue weighted by Crippen LogP contribution is -2.36. The average Bonchev–Trinajstić information content (AvgIpc) is 2.57. The molecule has 6 nitrogen and oxygen atoms in total. The zero-order chi connectivity index (χ0) is 12.1. The Balaban J connectivity index is 2.65. The van der Waals surface area contributed by atoms with Gasteiger partial charge in [-0.2, -0.15) is 8.42 Å². The Bertz CT molecular complexity index is 381. The van der Waals surface area contributed by atoms with Crippen LogP contribution in [0.5, 0.6) is 0 Å². The minimum absolute atomic E-state index is 0.00726. The van der Waals surface area contributed by atoms with Crippen LogP contribution in [0.1, 0.15) is 19.8 Å². The summed E-state index contributed by atoms with van der Waals surface area (Å²) in [7, 11) is -2.21. The molecule has 1 heterocycles. The number of hydrogen-bond donors (Lipinski definition) is 1. The molecule has 0 radical (unpaired) electrons. The second-order valence-corrected chi connectivity index (χ2v) is 4.81. The van der Waals surface area contributed by atoms with Gasteiger partial charge in [-0.05, 0) is 13.3 Å². The highest BCUT2D eigenvalue weighted by Gasteiger charge is 2.32. The number of nitrogens with zero attached hydrogens (tertiary/aromatic N) is 1. The Labute approximate surface area is 95.3 Å². The second-order valence-electron chi connectivity index (χ2n) is 3.64. The van der Waals surface area contributed by atoms with Crippen LogP contribution in [0.15, 0.2) is 0 Å². The van der Waals surface area contributed by atoms with Crippen LogP contribution < -0.4 is 0 Å². The van der Waals surface area contributed by atoms with Crippen molar-refractivity contribution < 1.29 is 23.1 Å². The van der Waals surface area contributed by atoms with E-state index in [4.69, 9.17) is 9.84 Å². The minimum Gasteiger partial charge on any atom is -0.447 e. The molecule has 0 saturated carbocycles. The topological polar surface area (TPSA) is 83.9 Å². The fourth-order valence-corrected chi connectivity index (χ4v) is 1.90. The van der Waals surface area contributed by atoms with E-state index in [9.17, 15) is 13.2 Å². The van der Waals surface area contributed by atoms with Gasteiger partial charge in [0.15, 0.2) is 0 Å². The van der Waals surface area contributed by atoms with Crippen LogP contribution in [-0.2, 0) is 15.0 Å². The van der Waals surface area contributed by atoms with E-state index in [0.29, 0.717) is 17.8 Å². The maximum absolute atomic E-state index is 11.3. The molecule has 92 valence electrons. The van der Waals surface area contributed by atoms with Crippen LogP contribution in [0.4, 0.5) is 4.79 Å². The van der Waals surface area contributed by atoms with Gasteiger partial charge >= 0.3 is 6.09 Å². The van der Waals surface area contributed by atoms with Gasteiger partial charge in [0.25, 0.3) is 0 Å². The molecule has 0 aromatic rings. The zero-order valence-corrected chi connectivity index (χ0v) is 9.87. The number of aliphatic hydroxyl groups excluding tert-OH is 1. The first kappa shape index (κ1) is 13.0. The molecular formula is C9H15NO5S. The van der Waals surface area contributed by atoms with Crippen molar-refractivity contribution in [2.24, 2.45) is 0 Å². The highest BCUT2D eigenvalue weighted by Crippen LogP contribution is 2.16. The third kappa shape index (κ3) is 3.21. The fraction of sp³-hybridized carbons (Fsp3) is 0.778. The number of hydrogen-bond acceptors (Lipinski definition) is 5. The number of carbonyl (C=O) groups is 1. The van der Waals surface area contributed by atoms with E-state index in [0.717, 1.165) is 0 Å². The summed E-state index contributed by atoms with van der Waals surface area (Å²) in [5.74, 6) is 0. The van der Waals surface area contributed by atoms with Crippen molar-refractivity contribution in [1.29, 1.82) is 0 Å². The van der Waals surface area contributed by atoms with Gasteiger partial charge in [0.1, 0.15) is 6.61 Å². The molecule has 0 aromatic carbocycles. The first-order valence-corrected chi connectivity index (χ1v) is 6.09. The van der Waals surface area contributed by atoms with E-state index in [1.807, 2.05) is 0 Å². The molecule has 0 aromatic heterocycles. The van der Waals surface area contributed by atoms with Crippen LogP contribution >= 0.6 is 0 Å². The summed E-state index contributed by atoms with van der Waals surface area (Å²) < 4.78 is 26.2. The minimum atomic E-state index is -2.21. The predicted octanol–water partition coefficient (Wildman–Crippen LogP) is -0.349. The van der Waals surface area contributed by atoms with Crippen LogP contribution in [0.2, 0.25) is 0 Å². The molecule has 1 fully saturated rings. The third-order valence-electron chi connectivity index (χ3n) is 2.44. The van der Waals surface area contributed by atoms with Crippen molar-refractivity contribution in [2.75, 3.05) is 19.8 Å². The van der Waals surface area contributed by atoms with Crippen molar-refractivity contribution in [1.82, 2.24) is 4.90 Å². The summed E-state index contributed by atoms with van der Waals surface area (Å²) in [6.07, 6.45) is 0.307. The molecule has 1 saturated heterocycles. The maximum Gasteiger partial charge on any atom is 0.410 e. The smallest absolute Gasteiger partial charge is 0.410 e. The van der Waals surface area contributed by atoms with Gasteiger partial charge < -0.3 is 14.7 Å². The van der Waals surface area contributed by atoms with Crippen molar-refractivity contribution in [3.8, 4) is 0 Å². The van der Waals surface area contributed by atoms with Crippen molar-refractivity contribution in [3.63, 3.8) is 0 Å². The van der Waals surface area contributed by atoms with Gasteiger partial charge in [-0.1, -0.05) is 0 Å². The van der Waals surface area contributed by atoms with Gasteiger partial charge in [-0.25, -0.2) is 4.79 Å². The monoisotopic (exact) mass is 249 g/mol. The van der Waals surface area contributed by atoms with Crippen molar-refractivity contribution >= 4 is 21.3 Å². The summed E-state index contributed by atoms with van der Waals surface area (Å²) in [6, 6.07) is -0.239. The Morgan fingerprint density at radius 1 is 1.62 bits per heavy atom. The van der Waals surface area contributed by atoms with Crippen LogP contribution in [0.25, 0.3) is 0 Å². The van der Waals surface area contributed by atoms with E-state index >= 15 is 0 Å². The lowest BCUT2D eigenvalue weighted by Gasteiger charge is -2.20. The van der Waals surface area contributed by atoms with Gasteiger partial charge in [0, 0.05) is 24.4 Å². The normalized spacial score (nSPS) is 19.8. The lowest BCUT2D eigenvalue weighted by molar-refractivity contribution is 0.155. The maximum atomic E-state index is 11.3. The molecule has 0 bridgehead atoms. The first-order chi connectivity index (χ1) is 7.56. The number of rotatable bonds is 5. The first-order valence-electron chi connectivity index (χ1n) is 5.02. The van der Waals surface area contributed by atoms with Gasteiger partial charge in [-0.15, -0.1) is 0 Å². The van der Waals surface area contributed by atoms with E-state index in [1.165, 1.54) is 11.8 Å². The fourth-order valence-electron chi connectivity index (χ4n) is 1.57. The molecule has 1 amide bonds. The average molecular weight is 249 g/mol. The van der Waals surface area contributed by atoms with E-state index in [2.05, 4.69) is 0 Å². The number of ether oxygens (including phenoxy) is 1. The lowest BCUT2D eigenvalue weighted by atomic mass is 10.1. The SMILES string of the molecule is CC(CC1COC(=O)N1CCCO)=S(=O)=O. The molecule has 1 aliphatic heterocycles. The number of amides is 1. The summed E-state index contributed by atoms with van der Waals surface area (Å²) in [5, 5.41) is 8.69. The second kappa shape index (κ2) is 5.86. The quantitative estimate of drug-likeness (QED) is 0.673. The molecule has 1 rings (SSSR count). The highest BCUT2D eigenvalue weighted by atomic mass is 32.2.